The predicted molar refractivity (Wildman–Crippen MR) is 149 cm³/mol. The maximum Gasteiger partial charge on any atom is 0.333 e. The van der Waals surface area contributed by atoms with E-state index >= 15 is 0 Å². The summed E-state index contributed by atoms with van der Waals surface area (Å²) >= 11 is 0. The number of carbonyl (C=O) groups is 3. The van der Waals surface area contributed by atoms with E-state index in [4.69, 9.17) is 10.5 Å². The van der Waals surface area contributed by atoms with Crippen LogP contribution < -0.4 is 21.3 Å². The molecule has 10 nitrogen and oxygen atoms in total. The summed E-state index contributed by atoms with van der Waals surface area (Å²) in [6, 6.07) is 11.1. The van der Waals surface area contributed by atoms with E-state index in [1.54, 1.807) is 63.6 Å². The summed E-state index contributed by atoms with van der Waals surface area (Å²) in [6.45, 7) is 9.97. The van der Waals surface area contributed by atoms with Crippen molar-refractivity contribution in [3.63, 3.8) is 0 Å². The van der Waals surface area contributed by atoms with Gasteiger partial charge in [0, 0.05) is 48.5 Å². The van der Waals surface area contributed by atoms with Gasteiger partial charge in [0.15, 0.2) is 6.04 Å². The molecule has 1 atom stereocenters. The zero-order chi connectivity index (χ0) is 28.4. The van der Waals surface area contributed by atoms with Crippen LogP contribution in [0.15, 0.2) is 61.1 Å². The van der Waals surface area contributed by atoms with Gasteiger partial charge in [-0.05, 0) is 68.3 Å². The second kappa shape index (κ2) is 10.8. The van der Waals surface area contributed by atoms with Crippen LogP contribution in [0.2, 0.25) is 0 Å². The average molecular weight is 531 g/mol. The van der Waals surface area contributed by atoms with Crippen LogP contribution >= 0.6 is 0 Å². The van der Waals surface area contributed by atoms with Crippen molar-refractivity contribution in [2.75, 3.05) is 22.1 Å². The van der Waals surface area contributed by atoms with Crippen LogP contribution in [0.5, 0.6) is 0 Å². The third-order valence-corrected chi connectivity index (χ3v) is 6.28. The number of nitrogens with zero attached hydrogens (tertiary/aromatic N) is 3. The van der Waals surface area contributed by atoms with Crippen molar-refractivity contribution in [3.05, 3.63) is 77.7 Å². The quantitative estimate of drug-likeness (QED) is 0.311. The van der Waals surface area contributed by atoms with Crippen molar-refractivity contribution >= 4 is 35.0 Å². The summed E-state index contributed by atoms with van der Waals surface area (Å²) < 4.78 is 5.32. The lowest BCUT2D eigenvalue weighted by atomic mass is 9.87. The van der Waals surface area contributed by atoms with Gasteiger partial charge in [0.2, 0.25) is 0 Å². The molecular weight excluding hydrogens is 496 g/mol. The summed E-state index contributed by atoms with van der Waals surface area (Å²) in [5, 5.41) is 6.11. The number of esters is 1. The Morgan fingerprint density at radius 1 is 1.10 bits per heavy atom. The topological polar surface area (TPSA) is 140 Å². The number of benzene rings is 1. The molecule has 0 saturated carbocycles. The second-order valence-corrected chi connectivity index (χ2v) is 11.1. The van der Waals surface area contributed by atoms with Gasteiger partial charge in [0.1, 0.15) is 11.4 Å². The Bertz CT molecular complexity index is 1380. The summed E-state index contributed by atoms with van der Waals surface area (Å²) in [5.74, 6) is -1.27. The lowest BCUT2D eigenvalue weighted by molar-refractivity contribution is -0.158. The van der Waals surface area contributed by atoms with Crippen LogP contribution in [0.4, 0.5) is 17.2 Å². The molecule has 39 heavy (non-hydrogen) atoms. The van der Waals surface area contributed by atoms with Gasteiger partial charge >= 0.3 is 5.97 Å². The molecule has 2 aromatic heterocycles. The standard InChI is InChI=1S/C29H34N6O4/c1-28(2,3)39-27(38)23(30)26(37)35-17-29(4,5)21-9-8-19(15-22(21)35)34-25(36)20-7-6-12-32-24(20)33-16-18-10-13-31-14-11-18/h6-15,23H,16-17,30H2,1-5H3,(H,32,33)(H,34,36). The summed E-state index contributed by atoms with van der Waals surface area (Å²) in [4.78, 5) is 48.9. The molecule has 1 aliphatic heterocycles. The molecular formula is C29H34N6O4. The van der Waals surface area contributed by atoms with E-state index in [2.05, 4.69) is 20.6 Å². The Labute approximate surface area is 228 Å². The third-order valence-electron chi connectivity index (χ3n) is 6.28. The van der Waals surface area contributed by atoms with Crippen LogP contribution in [0.1, 0.15) is 56.1 Å². The highest BCUT2D eigenvalue weighted by Gasteiger charge is 2.41. The van der Waals surface area contributed by atoms with Gasteiger partial charge in [-0.15, -0.1) is 0 Å². The largest absolute Gasteiger partial charge is 0.458 e. The highest BCUT2D eigenvalue weighted by Crippen LogP contribution is 2.42. The number of nitrogens with one attached hydrogen (secondary N) is 2. The molecule has 1 aliphatic rings. The molecule has 1 aromatic carbocycles. The zero-order valence-corrected chi connectivity index (χ0v) is 22.8. The van der Waals surface area contributed by atoms with Crippen molar-refractivity contribution in [2.24, 2.45) is 5.73 Å². The number of nitrogens with two attached hydrogens (primary N) is 1. The summed E-state index contributed by atoms with van der Waals surface area (Å²) in [7, 11) is 0. The van der Waals surface area contributed by atoms with Gasteiger partial charge < -0.3 is 26.0 Å². The number of ether oxygens (including phenoxy) is 1. The Kier molecular flexibility index (Phi) is 7.69. The van der Waals surface area contributed by atoms with E-state index in [9.17, 15) is 14.4 Å². The first-order chi connectivity index (χ1) is 18.4. The van der Waals surface area contributed by atoms with Crippen molar-refractivity contribution in [3.8, 4) is 0 Å². The molecule has 0 radical (unpaired) electrons. The maximum absolute atomic E-state index is 13.3. The summed E-state index contributed by atoms with van der Waals surface area (Å²) in [5.41, 5.74) is 8.22. The molecule has 3 aromatic rings. The minimum atomic E-state index is -1.46. The van der Waals surface area contributed by atoms with Gasteiger partial charge in [0.05, 0.1) is 5.56 Å². The number of rotatable bonds is 7. The Morgan fingerprint density at radius 2 is 1.82 bits per heavy atom. The first kappa shape index (κ1) is 27.7. The molecule has 4 rings (SSSR count). The van der Waals surface area contributed by atoms with Crippen LogP contribution in [0, 0.1) is 0 Å². The molecule has 0 spiro atoms. The van der Waals surface area contributed by atoms with Gasteiger partial charge in [-0.3, -0.25) is 14.6 Å². The first-order valence-electron chi connectivity index (χ1n) is 12.7. The monoisotopic (exact) mass is 530 g/mol. The minimum Gasteiger partial charge on any atom is -0.458 e. The van der Waals surface area contributed by atoms with E-state index in [-0.39, 0.29) is 11.3 Å². The molecule has 0 saturated heterocycles. The molecule has 0 aliphatic carbocycles. The van der Waals surface area contributed by atoms with Crippen molar-refractivity contribution in [1.82, 2.24) is 9.97 Å². The normalized spacial score (nSPS) is 14.8. The number of pyridine rings is 2. The van der Waals surface area contributed by atoms with E-state index in [0.29, 0.717) is 35.8 Å². The van der Waals surface area contributed by atoms with E-state index < -0.39 is 23.5 Å². The number of carbonyl (C=O) groups excluding carboxylic acids is 3. The van der Waals surface area contributed by atoms with Crippen LogP contribution in [0.25, 0.3) is 0 Å². The van der Waals surface area contributed by atoms with Gasteiger partial charge in [-0.2, -0.15) is 0 Å². The number of hydrogen-bond donors (Lipinski definition) is 3. The number of amides is 2. The molecule has 0 bridgehead atoms. The average Bonchev–Trinajstić information content (AvgIpc) is 3.16. The fourth-order valence-corrected chi connectivity index (χ4v) is 4.42. The van der Waals surface area contributed by atoms with Crippen molar-refractivity contribution in [1.29, 1.82) is 0 Å². The van der Waals surface area contributed by atoms with Crippen molar-refractivity contribution in [2.45, 2.75) is 58.2 Å². The molecule has 3 heterocycles. The fourth-order valence-electron chi connectivity index (χ4n) is 4.42. The SMILES string of the molecule is CC(C)(C)OC(=O)C(N)C(=O)N1CC(C)(C)c2ccc(NC(=O)c3cccnc3NCc3ccncc3)cc21. The lowest BCUT2D eigenvalue weighted by Gasteiger charge is -2.26. The molecule has 2 amide bonds. The molecule has 0 fully saturated rings. The molecule has 4 N–H and O–H groups in total. The smallest absolute Gasteiger partial charge is 0.333 e. The Balaban J connectivity index is 1.54. The number of aromatic nitrogens is 2. The number of fused-ring (bicyclic) bond motifs is 1. The number of hydrogen-bond acceptors (Lipinski definition) is 8. The highest BCUT2D eigenvalue weighted by molar-refractivity contribution is 6.11. The fraction of sp³-hybridized carbons (Fsp3) is 0.345. The Morgan fingerprint density at radius 3 is 2.51 bits per heavy atom. The van der Waals surface area contributed by atoms with Crippen LogP contribution in [-0.2, 0) is 26.3 Å². The third kappa shape index (κ3) is 6.40. The Hall–Kier alpha value is -4.31. The van der Waals surface area contributed by atoms with Gasteiger partial charge in [-0.1, -0.05) is 19.9 Å². The molecule has 10 heteroatoms. The van der Waals surface area contributed by atoms with Gasteiger partial charge in [0.25, 0.3) is 11.8 Å². The predicted octanol–water partition coefficient (Wildman–Crippen LogP) is 3.63. The minimum absolute atomic E-state index is 0.334. The van der Waals surface area contributed by atoms with Gasteiger partial charge in [-0.25, -0.2) is 9.78 Å². The van der Waals surface area contributed by atoms with E-state index in [0.717, 1.165) is 11.1 Å². The second-order valence-electron chi connectivity index (χ2n) is 11.1. The number of anilines is 3. The highest BCUT2D eigenvalue weighted by atomic mass is 16.6. The van der Waals surface area contributed by atoms with E-state index in [1.807, 2.05) is 32.0 Å². The molecule has 1 unspecified atom stereocenters. The van der Waals surface area contributed by atoms with Crippen LogP contribution in [0.3, 0.4) is 0 Å². The zero-order valence-electron chi connectivity index (χ0n) is 22.8. The summed E-state index contributed by atoms with van der Waals surface area (Å²) in [6.07, 6.45) is 5.01. The van der Waals surface area contributed by atoms with Crippen molar-refractivity contribution < 1.29 is 19.1 Å². The maximum atomic E-state index is 13.3. The lowest BCUT2D eigenvalue weighted by Crippen LogP contribution is -2.50. The first-order valence-corrected chi connectivity index (χ1v) is 12.7. The molecule has 204 valence electrons. The van der Waals surface area contributed by atoms with E-state index in [1.165, 1.54) is 4.90 Å². The van der Waals surface area contributed by atoms with Crippen LogP contribution in [-0.4, -0.2) is 45.9 Å².